The molecule has 2 heterocycles. The molecule has 1 atom stereocenters. The highest BCUT2D eigenvalue weighted by molar-refractivity contribution is 5.55. The van der Waals surface area contributed by atoms with E-state index in [1.54, 1.807) is 7.11 Å². The van der Waals surface area contributed by atoms with Gasteiger partial charge in [0.25, 0.3) is 0 Å². The molecule has 3 rings (SSSR count). The molecule has 0 aromatic heterocycles. The maximum Gasteiger partial charge on any atom is 0.231 e. The number of methoxy groups -OCH3 is 1. The molecule has 2 aliphatic rings. The number of nitrogens with zero attached hydrogens (tertiary/aromatic N) is 1. The van der Waals surface area contributed by atoms with Gasteiger partial charge in [-0.05, 0) is 50.0 Å². The van der Waals surface area contributed by atoms with Gasteiger partial charge in [0.15, 0.2) is 11.5 Å². The van der Waals surface area contributed by atoms with Crippen molar-refractivity contribution in [2.75, 3.05) is 27.0 Å². The Kier molecular flexibility index (Phi) is 4.51. The first-order chi connectivity index (χ1) is 10.3. The van der Waals surface area contributed by atoms with E-state index in [4.69, 9.17) is 19.9 Å². The van der Waals surface area contributed by atoms with Crippen LogP contribution in [0.3, 0.4) is 0 Å². The van der Waals surface area contributed by atoms with Crippen LogP contribution in [0.25, 0.3) is 0 Å². The molecule has 0 aliphatic carbocycles. The van der Waals surface area contributed by atoms with E-state index in [1.807, 2.05) is 0 Å². The summed E-state index contributed by atoms with van der Waals surface area (Å²) in [5.74, 6) is 2.27. The first kappa shape index (κ1) is 14.5. The van der Waals surface area contributed by atoms with Gasteiger partial charge in [0.05, 0.1) is 7.11 Å². The number of hydrogen-bond acceptors (Lipinski definition) is 5. The van der Waals surface area contributed by atoms with E-state index in [9.17, 15) is 0 Å². The molecule has 116 valence electrons. The van der Waals surface area contributed by atoms with Gasteiger partial charge < -0.3 is 19.9 Å². The van der Waals surface area contributed by atoms with Crippen LogP contribution < -0.4 is 19.9 Å². The predicted octanol–water partition coefficient (Wildman–Crippen LogP) is 2.13. The molecule has 0 spiro atoms. The minimum absolute atomic E-state index is 0.272. The Bertz CT molecular complexity index is 491. The maximum absolute atomic E-state index is 5.75. The fraction of sp³-hybridized carbons (Fsp3) is 0.625. The molecule has 0 saturated carbocycles. The van der Waals surface area contributed by atoms with Gasteiger partial charge >= 0.3 is 0 Å². The zero-order chi connectivity index (χ0) is 14.7. The molecule has 5 nitrogen and oxygen atoms in total. The Hall–Kier alpha value is -1.46. The van der Waals surface area contributed by atoms with E-state index in [2.05, 4.69) is 17.0 Å². The molecule has 1 fully saturated rings. The van der Waals surface area contributed by atoms with Crippen molar-refractivity contribution in [3.05, 3.63) is 17.7 Å². The standard InChI is InChI=1S/C16H24N2O3/c1-19-14-8-12(9-15-16(14)21-11-20-15)10-18-7-3-2-4-13(18)5-6-17/h8-9,13H,2-7,10-11,17H2,1H3. The van der Waals surface area contributed by atoms with E-state index in [1.165, 1.54) is 24.8 Å². The molecule has 1 aromatic carbocycles. The summed E-state index contributed by atoms with van der Waals surface area (Å²) in [7, 11) is 1.67. The Morgan fingerprint density at radius 1 is 1.33 bits per heavy atom. The molecule has 0 radical (unpaired) electrons. The minimum atomic E-state index is 0.272. The van der Waals surface area contributed by atoms with Crippen LogP contribution in [0.5, 0.6) is 17.2 Å². The number of fused-ring (bicyclic) bond motifs is 1. The monoisotopic (exact) mass is 292 g/mol. The van der Waals surface area contributed by atoms with Gasteiger partial charge in [-0.15, -0.1) is 0 Å². The van der Waals surface area contributed by atoms with E-state index in [0.717, 1.165) is 43.3 Å². The van der Waals surface area contributed by atoms with Gasteiger partial charge in [-0.1, -0.05) is 6.42 Å². The fourth-order valence-corrected chi connectivity index (χ4v) is 3.30. The number of benzene rings is 1. The molecule has 21 heavy (non-hydrogen) atoms. The van der Waals surface area contributed by atoms with Gasteiger partial charge in [0, 0.05) is 12.6 Å². The van der Waals surface area contributed by atoms with Crippen molar-refractivity contribution >= 4 is 0 Å². The Morgan fingerprint density at radius 2 is 2.24 bits per heavy atom. The third kappa shape index (κ3) is 3.09. The van der Waals surface area contributed by atoms with Crippen LogP contribution in [0.15, 0.2) is 12.1 Å². The SMILES string of the molecule is COc1cc(CN2CCCCC2CCN)cc2c1OCO2. The van der Waals surface area contributed by atoms with Crippen LogP contribution in [0.2, 0.25) is 0 Å². The van der Waals surface area contributed by atoms with Crippen LogP contribution in [0, 0.1) is 0 Å². The topological polar surface area (TPSA) is 57.0 Å². The summed E-state index contributed by atoms with van der Waals surface area (Å²) < 4.78 is 16.4. The van der Waals surface area contributed by atoms with Crippen molar-refractivity contribution in [3.8, 4) is 17.2 Å². The molecule has 2 N–H and O–H groups in total. The third-order valence-electron chi connectivity index (χ3n) is 4.35. The number of likely N-dealkylation sites (tertiary alicyclic amines) is 1. The number of rotatable bonds is 5. The van der Waals surface area contributed by atoms with Crippen molar-refractivity contribution in [1.82, 2.24) is 4.90 Å². The van der Waals surface area contributed by atoms with Gasteiger partial charge in [0.1, 0.15) is 0 Å². The summed E-state index contributed by atoms with van der Waals surface area (Å²) in [6, 6.07) is 4.72. The predicted molar refractivity (Wildman–Crippen MR) is 80.8 cm³/mol. The second kappa shape index (κ2) is 6.54. The molecule has 1 aromatic rings. The highest BCUT2D eigenvalue weighted by Crippen LogP contribution is 2.42. The summed E-state index contributed by atoms with van der Waals surface area (Å²) in [4.78, 5) is 2.54. The first-order valence-electron chi connectivity index (χ1n) is 7.72. The van der Waals surface area contributed by atoms with Crippen LogP contribution in [-0.2, 0) is 6.54 Å². The van der Waals surface area contributed by atoms with Crippen molar-refractivity contribution in [2.24, 2.45) is 5.73 Å². The van der Waals surface area contributed by atoms with E-state index >= 15 is 0 Å². The first-order valence-corrected chi connectivity index (χ1v) is 7.72. The lowest BCUT2D eigenvalue weighted by Crippen LogP contribution is -2.40. The summed E-state index contributed by atoms with van der Waals surface area (Å²) in [6.07, 6.45) is 4.90. The molecule has 1 saturated heterocycles. The number of hydrogen-bond donors (Lipinski definition) is 1. The molecular formula is C16H24N2O3. The van der Waals surface area contributed by atoms with Gasteiger partial charge in [-0.2, -0.15) is 0 Å². The number of piperidine rings is 1. The van der Waals surface area contributed by atoms with Crippen molar-refractivity contribution < 1.29 is 14.2 Å². The van der Waals surface area contributed by atoms with E-state index in [-0.39, 0.29) is 6.79 Å². The highest BCUT2D eigenvalue weighted by Gasteiger charge is 2.24. The summed E-state index contributed by atoms with van der Waals surface area (Å²) in [5, 5.41) is 0. The minimum Gasteiger partial charge on any atom is -0.493 e. The molecule has 1 unspecified atom stereocenters. The lowest BCUT2D eigenvalue weighted by Gasteiger charge is -2.35. The highest BCUT2D eigenvalue weighted by atomic mass is 16.7. The Morgan fingerprint density at radius 3 is 3.05 bits per heavy atom. The van der Waals surface area contributed by atoms with Crippen LogP contribution in [0.4, 0.5) is 0 Å². The molecule has 2 aliphatic heterocycles. The molecule has 0 bridgehead atoms. The fourth-order valence-electron chi connectivity index (χ4n) is 3.30. The average Bonchev–Trinajstić information content (AvgIpc) is 2.97. The number of nitrogens with two attached hydrogens (primary N) is 1. The van der Waals surface area contributed by atoms with Crippen LogP contribution in [0.1, 0.15) is 31.2 Å². The maximum atomic E-state index is 5.75. The van der Waals surface area contributed by atoms with Crippen molar-refractivity contribution in [2.45, 2.75) is 38.3 Å². The molecular weight excluding hydrogens is 268 g/mol. The summed E-state index contributed by atoms with van der Waals surface area (Å²) in [6.45, 7) is 3.08. The van der Waals surface area contributed by atoms with Crippen molar-refractivity contribution in [1.29, 1.82) is 0 Å². The van der Waals surface area contributed by atoms with Crippen LogP contribution in [-0.4, -0.2) is 37.9 Å². The van der Waals surface area contributed by atoms with Gasteiger partial charge in [-0.3, -0.25) is 4.90 Å². The summed E-state index contributed by atoms with van der Waals surface area (Å²) >= 11 is 0. The zero-order valence-electron chi connectivity index (χ0n) is 12.6. The summed E-state index contributed by atoms with van der Waals surface area (Å²) in [5.41, 5.74) is 6.96. The Labute approximate surface area is 126 Å². The normalized spacial score (nSPS) is 21.5. The van der Waals surface area contributed by atoms with Gasteiger partial charge in [-0.25, -0.2) is 0 Å². The van der Waals surface area contributed by atoms with Crippen LogP contribution >= 0.6 is 0 Å². The average molecular weight is 292 g/mol. The van der Waals surface area contributed by atoms with E-state index < -0.39 is 0 Å². The third-order valence-corrected chi connectivity index (χ3v) is 4.35. The Balaban J connectivity index is 1.77. The second-order valence-corrected chi connectivity index (χ2v) is 5.73. The quantitative estimate of drug-likeness (QED) is 0.901. The lowest BCUT2D eigenvalue weighted by molar-refractivity contribution is 0.134. The van der Waals surface area contributed by atoms with Gasteiger partial charge in [0.2, 0.25) is 12.5 Å². The van der Waals surface area contributed by atoms with Crippen molar-refractivity contribution in [3.63, 3.8) is 0 Å². The molecule has 5 heteroatoms. The number of ether oxygens (including phenoxy) is 3. The smallest absolute Gasteiger partial charge is 0.231 e. The zero-order valence-corrected chi connectivity index (χ0v) is 12.6. The lowest BCUT2D eigenvalue weighted by atomic mass is 9.98. The van der Waals surface area contributed by atoms with E-state index in [0.29, 0.717) is 6.04 Å². The second-order valence-electron chi connectivity index (χ2n) is 5.73. The largest absolute Gasteiger partial charge is 0.493 e. The molecule has 0 amide bonds.